The molecule has 0 saturated carbocycles. The molecule has 0 spiro atoms. The Hall–Kier alpha value is -2.54. The third-order valence-corrected chi connectivity index (χ3v) is 2.78. The highest BCUT2D eigenvalue weighted by Crippen LogP contribution is 2.36. The van der Waals surface area contributed by atoms with E-state index in [9.17, 15) is 18.0 Å². The maximum Gasteiger partial charge on any atom is 0.418 e. The van der Waals surface area contributed by atoms with Crippen molar-refractivity contribution in [2.24, 2.45) is 0 Å². The third kappa shape index (κ3) is 3.32. The number of halogens is 3. The van der Waals surface area contributed by atoms with Crippen molar-refractivity contribution in [3.05, 3.63) is 59.7 Å². The second kappa shape index (κ2) is 5.84. The Morgan fingerprint density at radius 2 is 1.52 bits per heavy atom. The molecule has 0 radical (unpaired) electrons. The maximum atomic E-state index is 12.9. The van der Waals surface area contributed by atoms with E-state index in [1.165, 1.54) is 41.9 Å². The summed E-state index contributed by atoms with van der Waals surface area (Å²) in [6.45, 7) is 0. The lowest BCUT2D eigenvalue weighted by Crippen LogP contribution is -2.20. The van der Waals surface area contributed by atoms with Gasteiger partial charge in [0, 0.05) is 0 Å². The number of benzene rings is 2. The molecule has 0 aliphatic rings. The summed E-state index contributed by atoms with van der Waals surface area (Å²) >= 11 is 0. The molecule has 2 aromatic rings. The predicted molar refractivity (Wildman–Crippen MR) is 70.4 cm³/mol. The second-order valence-electron chi connectivity index (χ2n) is 4.15. The van der Waals surface area contributed by atoms with Gasteiger partial charge in [-0.1, -0.05) is 24.3 Å². The summed E-state index contributed by atoms with van der Waals surface area (Å²) in [6, 6.07) is 10.8. The normalized spacial score (nSPS) is 11.0. The largest absolute Gasteiger partial charge is 0.418 e. The van der Waals surface area contributed by atoms with E-state index in [1.54, 1.807) is 6.07 Å². The van der Waals surface area contributed by atoms with Gasteiger partial charge in [-0.05, 0) is 24.3 Å². The molecule has 2 rings (SSSR count). The van der Waals surface area contributed by atoms with Crippen LogP contribution in [0.1, 0.15) is 15.9 Å². The highest BCUT2D eigenvalue weighted by Gasteiger charge is 2.33. The molecule has 110 valence electrons. The molecule has 4 nitrogen and oxygen atoms in total. The summed E-state index contributed by atoms with van der Waals surface area (Å²) in [5.41, 5.74) is 0.609. The Balaban J connectivity index is 2.43. The Morgan fingerprint density at radius 3 is 2.14 bits per heavy atom. The number of hydroxylamine groups is 1. The maximum absolute atomic E-state index is 12.9. The van der Waals surface area contributed by atoms with Gasteiger partial charge in [-0.15, -0.1) is 0 Å². The van der Waals surface area contributed by atoms with Crippen molar-refractivity contribution in [1.82, 2.24) is 5.48 Å². The molecule has 2 aromatic carbocycles. The molecule has 0 unspecified atom stereocenters. The van der Waals surface area contributed by atoms with Crippen molar-refractivity contribution < 1.29 is 23.2 Å². The molecular weight excluding hydrogens is 285 g/mol. The van der Waals surface area contributed by atoms with E-state index >= 15 is 0 Å². The molecule has 0 saturated heterocycles. The first-order valence-corrected chi connectivity index (χ1v) is 5.90. The van der Waals surface area contributed by atoms with E-state index in [-0.39, 0.29) is 16.9 Å². The number of alkyl halides is 3. The molecule has 0 aliphatic carbocycles. The van der Waals surface area contributed by atoms with Crippen LogP contribution < -0.4 is 10.8 Å². The molecule has 7 heteroatoms. The van der Waals surface area contributed by atoms with Crippen molar-refractivity contribution in [2.75, 3.05) is 5.32 Å². The quantitative estimate of drug-likeness (QED) is 0.599. The minimum atomic E-state index is -4.52. The fraction of sp³-hybridized carbons (Fsp3) is 0.0714. The molecule has 3 N–H and O–H groups in total. The third-order valence-electron chi connectivity index (χ3n) is 2.78. The van der Waals surface area contributed by atoms with Gasteiger partial charge in [0.2, 0.25) is 0 Å². The van der Waals surface area contributed by atoms with Crippen LogP contribution in [-0.4, -0.2) is 11.1 Å². The number of amides is 1. The highest BCUT2D eigenvalue weighted by atomic mass is 19.4. The van der Waals surface area contributed by atoms with Crippen molar-refractivity contribution in [3.8, 4) is 0 Å². The van der Waals surface area contributed by atoms with Gasteiger partial charge in [-0.2, -0.15) is 13.2 Å². The first-order valence-electron chi connectivity index (χ1n) is 5.90. The number of hydrogen-bond donors (Lipinski definition) is 3. The van der Waals surface area contributed by atoms with Gasteiger partial charge in [0.25, 0.3) is 5.91 Å². The average Bonchev–Trinajstić information content (AvgIpc) is 2.46. The first-order chi connectivity index (χ1) is 9.93. The van der Waals surface area contributed by atoms with Crippen molar-refractivity contribution in [1.29, 1.82) is 0 Å². The summed E-state index contributed by atoms with van der Waals surface area (Å²) in [5, 5.41) is 11.2. The number of carbonyl (C=O) groups excluding carboxylic acids is 1. The summed E-state index contributed by atoms with van der Waals surface area (Å²) in [5.74, 6) is -0.817. The minimum absolute atomic E-state index is 0.0250. The van der Waals surface area contributed by atoms with Gasteiger partial charge in [-0.3, -0.25) is 10.0 Å². The Morgan fingerprint density at radius 1 is 0.952 bits per heavy atom. The van der Waals surface area contributed by atoms with Crippen LogP contribution in [-0.2, 0) is 6.18 Å². The lowest BCUT2D eigenvalue weighted by molar-refractivity contribution is -0.136. The molecule has 0 heterocycles. The number of nitrogens with one attached hydrogen (secondary N) is 2. The molecule has 0 aromatic heterocycles. The summed E-state index contributed by atoms with van der Waals surface area (Å²) in [6.07, 6.45) is -4.52. The fourth-order valence-electron chi connectivity index (χ4n) is 1.83. The monoisotopic (exact) mass is 296 g/mol. The number of carbonyl (C=O) groups is 1. The van der Waals surface area contributed by atoms with Gasteiger partial charge >= 0.3 is 6.18 Å². The van der Waals surface area contributed by atoms with Gasteiger partial charge in [0.15, 0.2) is 0 Å². The van der Waals surface area contributed by atoms with E-state index in [4.69, 9.17) is 5.21 Å². The van der Waals surface area contributed by atoms with Crippen LogP contribution in [0.2, 0.25) is 0 Å². The smallest absolute Gasteiger partial charge is 0.354 e. The highest BCUT2D eigenvalue weighted by molar-refractivity contribution is 5.99. The van der Waals surface area contributed by atoms with Crippen LogP contribution in [0.25, 0.3) is 0 Å². The number of hydrogen-bond acceptors (Lipinski definition) is 3. The Labute approximate surface area is 118 Å². The van der Waals surface area contributed by atoms with Crippen molar-refractivity contribution in [2.45, 2.75) is 6.18 Å². The van der Waals surface area contributed by atoms with Gasteiger partial charge in [0.1, 0.15) is 0 Å². The number of rotatable bonds is 3. The number of anilines is 2. The van der Waals surface area contributed by atoms with E-state index in [1.807, 2.05) is 0 Å². The second-order valence-corrected chi connectivity index (χ2v) is 4.15. The summed E-state index contributed by atoms with van der Waals surface area (Å²) < 4.78 is 38.8. The van der Waals surface area contributed by atoms with Gasteiger partial charge in [-0.25, -0.2) is 5.48 Å². The lowest BCUT2D eigenvalue weighted by atomic mass is 10.1. The van der Waals surface area contributed by atoms with Gasteiger partial charge in [0.05, 0.1) is 22.5 Å². The fourth-order valence-corrected chi connectivity index (χ4v) is 1.83. The SMILES string of the molecule is O=C(NO)c1ccccc1Nc1ccccc1C(F)(F)F. The van der Waals surface area contributed by atoms with Crippen molar-refractivity contribution in [3.63, 3.8) is 0 Å². The van der Waals surface area contributed by atoms with E-state index in [0.717, 1.165) is 6.07 Å². The Kier molecular flexibility index (Phi) is 4.13. The van der Waals surface area contributed by atoms with Crippen LogP contribution in [0.3, 0.4) is 0 Å². The van der Waals surface area contributed by atoms with E-state index < -0.39 is 17.6 Å². The van der Waals surface area contributed by atoms with E-state index in [2.05, 4.69) is 5.32 Å². The summed E-state index contributed by atoms with van der Waals surface area (Å²) in [7, 11) is 0. The zero-order valence-corrected chi connectivity index (χ0v) is 10.6. The number of para-hydroxylation sites is 2. The standard InChI is InChI=1S/C14H11F3N2O2/c15-14(16,17)10-6-2-4-8-12(10)18-11-7-3-1-5-9(11)13(20)19-21/h1-8,18,21H,(H,19,20). The van der Waals surface area contributed by atoms with Crippen LogP contribution in [0.5, 0.6) is 0 Å². The molecule has 1 amide bonds. The molecule has 0 atom stereocenters. The zero-order chi connectivity index (χ0) is 15.5. The van der Waals surface area contributed by atoms with Crippen LogP contribution in [0.15, 0.2) is 48.5 Å². The lowest BCUT2D eigenvalue weighted by Gasteiger charge is -2.16. The average molecular weight is 296 g/mol. The van der Waals surface area contributed by atoms with Crippen molar-refractivity contribution >= 4 is 17.3 Å². The predicted octanol–water partition coefficient (Wildman–Crippen LogP) is 3.57. The molecule has 0 fully saturated rings. The molecular formula is C14H11F3N2O2. The topological polar surface area (TPSA) is 61.4 Å². The van der Waals surface area contributed by atoms with E-state index in [0.29, 0.717) is 0 Å². The van der Waals surface area contributed by atoms with Crippen LogP contribution in [0, 0.1) is 0 Å². The molecule has 0 bridgehead atoms. The molecule has 0 aliphatic heterocycles. The first kappa shape index (κ1) is 14.9. The van der Waals surface area contributed by atoms with Crippen LogP contribution in [0.4, 0.5) is 24.5 Å². The zero-order valence-electron chi connectivity index (χ0n) is 10.6. The van der Waals surface area contributed by atoms with Crippen LogP contribution >= 0.6 is 0 Å². The van der Waals surface area contributed by atoms with Gasteiger partial charge < -0.3 is 5.32 Å². The minimum Gasteiger partial charge on any atom is -0.354 e. The molecule has 21 heavy (non-hydrogen) atoms. The Bertz CT molecular complexity index is 657. The summed E-state index contributed by atoms with van der Waals surface area (Å²) in [4.78, 5) is 11.5.